The van der Waals surface area contributed by atoms with Crippen LogP contribution in [0.2, 0.25) is 0 Å². The molecule has 6 heteroatoms. The first-order valence-corrected chi connectivity index (χ1v) is 4.72. The number of methoxy groups -OCH3 is 1. The van der Waals surface area contributed by atoms with E-state index in [1.54, 1.807) is 0 Å². The van der Waals surface area contributed by atoms with Crippen LogP contribution in [-0.2, 0) is 19.1 Å². The first-order valence-electron chi connectivity index (χ1n) is 4.72. The molecule has 1 N–H and O–H groups in total. The van der Waals surface area contributed by atoms with Crippen LogP contribution in [0.5, 0.6) is 0 Å². The lowest BCUT2D eigenvalue weighted by Crippen LogP contribution is -2.39. The molecule has 1 amide bonds. The largest absolute Gasteiger partial charge is 0.481 e. The molecule has 0 aromatic carbocycles. The number of carboxylic acid groups (broad SMARTS) is 1. The predicted octanol–water partition coefficient (Wildman–Crippen LogP) is -0.808. The molecule has 0 radical (unpaired) electrons. The third kappa shape index (κ3) is 3.49. The van der Waals surface area contributed by atoms with Crippen molar-refractivity contribution in [1.82, 2.24) is 4.90 Å². The molecule has 0 saturated carbocycles. The highest BCUT2D eigenvalue weighted by Gasteiger charge is 2.26. The summed E-state index contributed by atoms with van der Waals surface area (Å²) in [6.45, 7) is 1.13. The summed E-state index contributed by atoms with van der Waals surface area (Å²) < 4.78 is 9.83. The van der Waals surface area contributed by atoms with Crippen molar-refractivity contribution >= 4 is 11.9 Å². The fourth-order valence-electron chi connectivity index (χ4n) is 1.40. The molecule has 86 valence electrons. The summed E-state index contributed by atoms with van der Waals surface area (Å²) in [5.74, 6) is -1.78. The van der Waals surface area contributed by atoms with Crippen molar-refractivity contribution in [2.75, 3.05) is 40.0 Å². The zero-order chi connectivity index (χ0) is 11.3. The van der Waals surface area contributed by atoms with Crippen molar-refractivity contribution < 1.29 is 24.2 Å². The van der Waals surface area contributed by atoms with Gasteiger partial charge in [0.05, 0.1) is 19.1 Å². The Labute approximate surface area is 87.8 Å². The fourth-order valence-corrected chi connectivity index (χ4v) is 1.40. The van der Waals surface area contributed by atoms with Crippen LogP contribution in [0, 0.1) is 5.92 Å². The molecule has 0 spiro atoms. The number of rotatable bonds is 3. The third-order valence-electron chi connectivity index (χ3n) is 2.24. The van der Waals surface area contributed by atoms with Crippen molar-refractivity contribution in [1.29, 1.82) is 0 Å². The zero-order valence-electron chi connectivity index (χ0n) is 8.64. The van der Waals surface area contributed by atoms with Crippen LogP contribution in [0.1, 0.15) is 0 Å². The molecule has 1 heterocycles. The van der Waals surface area contributed by atoms with Gasteiger partial charge in [-0.05, 0) is 0 Å². The Kier molecular flexibility index (Phi) is 4.51. The Morgan fingerprint density at radius 1 is 1.60 bits per heavy atom. The monoisotopic (exact) mass is 217 g/mol. The van der Waals surface area contributed by atoms with Gasteiger partial charge in [-0.25, -0.2) is 0 Å². The van der Waals surface area contributed by atoms with Gasteiger partial charge in [0.25, 0.3) is 0 Å². The standard InChI is InChI=1S/C9H15NO5/c1-14-6-8(11)10-2-3-15-5-7(4-10)9(12)13/h7H,2-6H2,1H3,(H,12,13)/t7-/m1/s1. The minimum atomic E-state index is -0.938. The van der Waals surface area contributed by atoms with E-state index in [0.29, 0.717) is 13.2 Å². The molecule has 1 saturated heterocycles. The van der Waals surface area contributed by atoms with Gasteiger partial charge in [-0.2, -0.15) is 0 Å². The molecule has 1 aliphatic rings. The highest BCUT2D eigenvalue weighted by atomic mass is 16.5. The van der Waals surface area contributed by atoms with Crippen LogP contribution in [0.3, 0.4) is 0 Å². The maximum absolute atomic E-state index is 11.5. The number of ether oxygens (including phenoxy) is 2. The SMILES string of the molecule is COCC(=O)N1CCOC[C@H](C(=O)O)C1. The number of amides is 1. The second kappa shape index (κ2) is 5.67. The van der Waals surface area contributed by atoms with E-state index < -0.39 is 11.9 Å². The predicted molar refractivity (Wildman–Crippen MR) is 50.4 cm³/mol. The lowest BCUT2D eigenvalue weighted by molar-refractivity contribution is -0.144. The van der Waals surface area contributed by atoms with Crippen LogP contribution >= 0.6 is 0 Å². The molecular formula is C9H15NO5. The first kappa shape index (κ1) is 11.9. The molecule has 0 bridgehead atoms. The van der Waals surface area contributed by atoms with Gasteiger partial charge in [0.1, 0.15) is 6.61 Å². The van der Waals surface area contributed by atoms with E-state index >= 15 is 0 Å². The van der Waals surface area contributed by atoms with Crippen LogP contribution < -0.4 is 0 Å². The summed E-state index contributed by atoms with van der Waals surface area (Å²) in [6, 6.07) is 0. The summed E-state index contributed by atoms with van der Waals surface area (Å²) in [6.07, 6.45) is 0. The number of aliphatic carboxylic acids is 1. The molecule has 0 aliphatic carbocycles. The summed E-state index contributed by atoms with van der Waals surface area (Å²) >= 11 is 0. The maximum Gasteiger partial charge on any atom is 0.310 e. The zero-order valence-corrected chi connectivity index (χ0v) is 8.64. The smallest absolute Gasteiger partial charge is 0.310 e. The number of hydrogen-bond acceptors (Lipinski definition) is 4. The van der Waals surface area contributed by atoms with E-state index in [4.69, 9.17) is 14.6 Å². The maximum atomic E-state index is 11.5. The van der Waals surface area contributed by atoms with Gasteiger partial charge in [-0.3, -0.25) is 9.59 Å². The molecule has 1 rings (SSSR count). The molecule has 1 aliphatic heterocycles. The minimum Gasteiger partial charge on any atom is -0.481 e. The molecule has 0 aromatic rings. The second-order valence-electron chi connectivity index (χ2n) is 3.38. The number of carbonyl (C=O) groups excluding carboxylic acids is 1. The van der Waals surface area contributed by atoms with E-state index in [2.05, 4.69) is 0 Å². The van der Waals surface area contributed by atoms with Crippen LogP contribution in [0.4, 0.5) is 0 Å². The minimum absolute atomic E-state index is 0.0215. The van der Waals surface area contributed by atoms with Crippen molar-refractivity contribution in [3.63, 3.8) is 0 Å². The van der Waals surface area contributed by atoms with Gasteiger partial charge in [0.15, 0.2) is 0 Å². The average Bonchev–Trinajstić information content (AvgIpc) is 2.43. The van der Waals surface area contributed by atoms with Crippen molar-refractivity contribution in [3.8, 4) is 0 Å². The highest BCUT2D eigenvalue weighted by molar-refractivity contribution is 5.78. The van der Waals surface area contributed by atoms with Crippen LogP contribution in [0.15, 0.2) is 0 Å². The lowest BCUT2D eigenvalue weighted by Gasteiger charge is -2.21. The van der Waals surface area contributed by atoms with E-state index in [1.165, 1.54) is 12.0 Å². The molecule has 0 unspecified atom stereocenters. The lowest BCUT2D eigenvalue weighted by atomic mass is 10.1. The Morgan fingerprint density at radius 3 is 2.93 bits per heavy atom. The first-order chi connectivity index (χ1) is 7.15. The Morgan fingerprint density at radius 2 is 2.33 bits per heavy atom. The van der Waals surface area contributed by atoms with Gasteiger partial charge < -0.3 is 19.5 Å². The quantitative estimate of drug-likeness (QED) is 0.669. The summed E-state index contributed by atoms with van der Waals surface area (Å²) in [5, 5.41) is 8.84. The molecule has 1 fully saturated rings. The van der Waals surface area contributed by atoms with Gasteiger partial charge in [0, 0.05) is 20.2 Å². The highest BCUT2D eigenvalue weighted by Crippen LogP contribution is 2.07. The third-order valence-corrected chi connectivity index (χ3v) is 2.24. The second-order valence-corrected chi connectivity index (χ2v) is 3.38. The van der Waals surface area contributed by atoms with E-state index in [1.807, 2.05) is 0 Å². The molecule has 6 nitrogen and oxygen atoms in total. The molecule has 0 aromatic heterocycles. The summed E-state index contributed by atoms with van der Waals surface area (Å²) in [7, 11) is 1.43. The van der Waals surface area contributed by atoms with Crippen LogP contribution in [0.25, 0.3) is 0 Å². The van der Waals surface area contributed by atoms with Gasteiger partial charge in [-0.1, -0.05) is 0 Å². The fraction of sp³-hybridized carbons (Fsp3) is 0.778. The summed E-state index contributed by atoms with van der Waals surface area (Å²) in [4.78, 5) is 23.7. The van der Waals surface area contributed by atoms with Gasteiger partial charge in [0.2, 0.25) is 5.91 Å². The number of nitrogens with zero attached hydrogens (tertiary/aromatic N) is 1. The Hall–Kier alpha value is -1.14. The number of hydrogen-bond donors (Lipinski definition) is 1. The van der Waals surface area contributed by atoms with E-state index in [9.17, 15) is 9.59 Å². The van der Waals surface area contributed by atoms with E-state index in [0.717, 1.165) is 0 Å². The molecular weight excluding hydrogens is 202 g/mol. The topological polar surface area (TPSA) is 76.1 Å². The van der Waals surface area contributed by atoms with Crippen molar-refractivity contribution in [2.45, 2.75) is 0 Å². The number of carboxylic acids is 1. The van der Waals surface area contributed by atoms with E-state index in [-0.39, 0.29) is 25.7 Å². The van der Waals surface area contributed by atoms with Crippen molar-refractivity contribution in [3.05, 3.63) is 0 Å². The normalized spacial score (nSPS) is 22.2. The van der Waals surface area contributed by atoms with Gasteiger partial charge >= 0.3 is 5.97 Å². The summed E-state index contributed by atoms with van der Waals surface area (Å²) in [5.41, 5.74) is 0. The van der Waals surface area contributed by atoms with Crippen LogP contribution in [-0.4, -0.2) is 61.9 Å². The Bertz CT molecular complexity index is 243. The molecule has 15 heavy (non-hydrogen) atoms. The van der Waals surface area contributed by atoms with Gasteiger partial charge in [-0.15, -0.1) is 0 Å². The molecule has 1 atom stereocenters. The van der Waals surface area contributed by atoms with Crippen molar-refractivity contribution in [2.24, 2.45) is 5.92 Å². The average molecular weight is 217 g/mol. The Balaban J connectivity index is 2.56. The number of carbonyl (C=O) groups is 2.